The van der Waals surface area contributed by atoms with Crippen LogP contribution in [-0.4, -0.2) is 35.1 Å². The average Bonchev–Trinajstić information content (AvgIpc) is 2.73. The molecule has 1 amide bonds. The molecule has 18 heavy (non-hydrogen) atoms. The molecule has 0 aromatic carbocycles. The van der Waals surface area contributed by atoms with Crippen LogP contribution in [0.15, 0.2) is 4.42 Å². The summed E-state index contributed by atoms with van der Waals surface area (Å²) in [4.78, 5) is 13.4. The van der Waals surface area contributed by atoms with Gasteiger partial charge in [0.05, 0.1) is 0 Å². The minimum atomic E-state index is -0.0140. The van der Waals surface area contributed by atoms with Crippen LogP contribution in [0.2, 0.25) is 0 Å². The lowest BCUT2D eigenvalue weighted by atomic mass is 9.92. The largest absolute Gasteiger partial charge is 0.425 e. The van der Waals surface area contributed by atoms with Gasteiger partial charge in [-0.15, -0.1) is 10.2 Å². The van der Waals surface area contributed by atoms with Gasteiger partial charge in [0.1, 0.15) is 0 Å². The van der Waals surface area contributed by atoms with Crippen LogP contribution >= 0.6 is 0 Å². The highest BCUT2D eigenvalue weighted by molar-refractivity contribution is 5.76. The number of carbonyl (C=O) groups excluding carboxylic acids is 1. The fraction of sp³-hybridized carbons (Fsp3) is 0.769. The number of hydrogen-bond donors (Lipinski definition) is 0. The Morgan fingerprint density at radius 1 is 1.17 bits per heavy atom. The third-order valence-corrected chi connectivity index (χ3v) is 2.97. The molecule has 0 aliphatic heterocycles. The van der Waals surface area contributed by atoms with Gasteiger partial charge in [-0.2, -0.15) is 0 Å². The second-order valence-corrected chi connectivity index (χ2v) is 5.48. The van der Waals surface area contributed by atoms with Gasteiger partial charge in [0.15, 0.2) is 0 Å². The Morgan fingerprint density at radius 2 is 1.72 bits per heavy atom. The zero-order valence-electron chi connectivity index (χ0n) is 12.1. The van der Waals surface area contributed by atoms with Crippen LogP contribution in [0, 0.1) is 5.92 Å². The van der Waals surface area contributed by atoms with Gasteiger partial charge in [0.2, 0.25) is 17.7 Å². The van der Waals surface area contributed by atoms with Crippen molar-refractivity contribution in [1.29, 1.82) is 0 Å². The lowest BCUT2D eigenvalue weighted by Crippen LogP contribution is -2.25. The van der Waals surface area contributed by atoms with Gasteiger partial charge in [-0.25, -0.2) is 0 Å². The molecule has 0 saturated carbocycles. The number of nitrogens with zero attached hydrogens (tertiary/aromatic N) is 3. The third-order valence-electron chi connectivity index (χ3n) is 2.97. The lowest BCUT2D eigenvalue weighted by Gasteiger charge is -2.18. The van der Waals surface area contributed by atoms with E-state index in [1.807, 2.05) is 13.8 Å². The maximum Gasteiger partial charge on any atom is 0.222 e. The highest BCUT2D eigenvalue weighted by Gasteiger charge is 2.26. The smallest absolute Gasteiger partial charge is 0.222 e. The molecular weight excluding hydrogens is 230 g/mol. The quantitative estimate of drug-likeness (QED) is 0.808. The highest BCUT2D eigenvalue weighted by atomic mass is 16.4. The van der Waals surface area contributed by atoms with E-state index in [1.54, 1.807) is 19.0 Å². The van der Waals surface area contributed by atoms with Crippen LogP contribution in [0.5, 0.6) is 0 Å². The van der Waals surface area contributed by atoms with Crippen molar-refractivity contribution in [2.75, 3.05) is 14.1 Å². The summed E-state index contributed by atoms with van der Waals surface area (Å²) in [7, 11) is 3.51. The molecule has 1 aromatic rings. The summed E-state index contributed by atoms with van der Waals surface area (Å²) in [6.45, 7) is 8.14. The Hall–Kier alpha value is -1.39. The zero-order chi connectivity index (χ0) is 13.9. The Kier molecular flexibility index (Phi) is 4.87. The average molecular weight is 253 g/mol. The van der Waals surface area contributed by atoms with Crippen molar-refractivity contribution < 1.29 is 9.21 Å². The molecule has 0 N–H and O–H groups in total. The zero-order valence-corrected chi connectivity index (χ0v) is 12.1. The SMILES string of the molecule is CC(C)c1nnc(C(CC(=O)N(C)C)C(C)C)o1. The van der Waals surface area contributed by atoms with Gasteiger partial charge < -0.3 is 9.32 Å². The topological polar surface area (TPSA) is 59.2 Å². The Morgan fingerprint density at radius 3 is 2.11 bits per heavy atom. The number of amides is 1. The van der Waals surface area contributed by atoms with E-state index < -0.39 is 0 Å². The molecule has 102 valence electrons. The van der Waals surface area contributed by atoms with E-state index in [0.29, 0.717) is 18.2 Å². The predicted molar refractivity (Wildman–Crippen MR) is 69.3 cm³/mol. The normalized spacial score (nSPS) is 13.1. The van der Waals surface area contributed by atoms with Gasteiger partial charge in [0, 0.05) is 32.4 Å². The summed E-state index contributed by atoms with van der Waals surface area (Å²) in [6.07, 6.45) is 0.407. The van der Waals surface area contributed by atoms with Crippen LogP contribution in [0.4, 0.5) is 0 Å². The van der Waals surface area contributed by atoms with Gasteiger partial charge in [-0.05, 0) is 5.92 Å². The summed E-state index contributed by atoms with van der Waals surface area (Å²) >= 11 is 0. The maximum atomic E-state index is 11.8. The standard InChI is InChI=1S/C13H23N3O2/c1-8(2)10(7-11(17)16(5)6)13-15-14-12(18-13)9(3)4/h8-10H,7H2,1-6H3. The molecule has 1 heterocycles. The Bertz CT molecular complexity index is 397. The van der Waals surface area contributed by atoms with E-state index in [4.69, 9.17) is 4.42 Å². The molecule has 0 aliphatic carbocycles. The minimum Gasteiger partial charge on any atom is -0.425 e. The highest BCUT2D eigenvalue weighted by Crippen LogP contribution is 2.28. The molecule has 1 aromatic heterocycles. The Labute approximate surface area is 109 Å². The fourth-order valence-electron chi connectivity index (χ4n) is 1.61. The predicted octanol–water partition coefficient (Wildman–Crippen LogP) is 2.41. The molecule has 0 spiro atoms. The summed E-state index contributed by atoms with van der Waals surface area (Å²) in [5.41, 5.74) is 0. The van der Waals surface area contributed by atoms with Crippen molar-refractivity contribution in [2.24, 2.45) is 5.92 Å². The second kappa shape index (κ2) is 5.98. The van der Waals surface area contributed by atoms with E-state index >= 15 is 0 Å². The first-order valence-electron chi connectivity index (χ1n) is 6.36. The summed E-state index contributed by atoms with van der Waals surface area (Å²) in [6, 6.07) is 0. The molecule has 1 atom stereocenters. The van der Waals surface area contributed by atoms with E-state index in [2.05, 4.69) is 24.0 Å². The van der Waals surface area contributed by atoms with Crippen LogP contribution in [0.3, 0.4) is 0 Å². The van der Waals surface area contributed by atoms with Crippen molar-refractivity contribution in [2.45, 2.75) is 46.0 Å². The number of rotatable bonds is 5. The molecule has 5 heteroatoms. The fourth-order valence-corrected chi connectivity index (χ4v) is 1.61. The van der Waals surface area contributed by atoms with Crippen molar-refractivity contribution >= 4 is 5.91 Å². The van der Waals surface area contributed by atoms with Crippen LogP contribution in [0.25, 0.3) is 0 Å². The van der Waals surface area contributed by atoms with Crippen molar-refractivity contribution in [3.05, 3.63) is 11.8 Å². The van der Waals surface area contributed by atoms with Crippen molar-refractivity contribution in [1.82, 2.24) is 15.1 Å². The van der Waals surface area contributed by atoms with Crippen molar-refractivity contribution in [3.8, 4) is 0 Å². The Balaban J connectivity index is 2.87. The van der Waals surface area contributed by atoms with Gasteiger partial charge in [-0.1, -0.05) is 27.7 Å². The van der Waals surface area contributed by atoms with E-state index in [0.717, 1.165) is 0 Å². The molecule has 0 saturated heterocycles. The number of aromatic nitrogens is 2. The van der Waals surface area contributed by atoms with E-state index in [1.165, 1.54) is 0 Å². The number of carbonyl (C=O) groups is 1. The molecule has 0 radical (unpaired) electrons. The molecule has 0 aliphatic rings. The first-order chi connectivity index (χ1) is 8.32. The van der Waals surface area contributed by atoms with Crippen LogP contribution < -0.4 is 0 Å². The molecule has 5 nitrogen and oxygen atoms in total. The van der Waals surface area contributed by atoms with E-state index in [-0.39, 0.29) is 23.7 Å². The van der Waals surface area contributed by atoms with Gasteiger partial charge in [0.25, 0.3) is 0 Å². The number of hydrogen-bond acceptors (Lipinski definition) is 4. The molecule has 1 unspecified atom stereocenters. The first kappa shape index (κ1) is 14.7. The van der Waals surface area contributed by atoms with Crippen LogP contribution in [0.1, 0.15) is 57.7 Å². The minimum absolute atomic E-state index is 0.0140. The molecule has 1 rings (SSSR count). The lowest BCUT2D eigenvalue weighted by molar-refractivity contribution is -0.129. The third kappa shape index (κ3) is 3.55. The van der Waals surface area contributed by atoms with Gasteiger partial charge >= 0.3 is 0 Å². The monoisotopic (exact) mass is 253 g/mol. The molecule has 0 bridgehead atoms. The van der Waals surface area contributed by atoms with Crippen molar-refractivity contribution in [3.63, 3.8) is 0 Å². The second-order valence-electron chi connectivity index (χ2n) is 5.48. The first-order valence-corrected chi connectivity index (χ1v) is 6.36. The van der Waals surface area contributed by atoms with E-state index in [9.17, 15) is 4.79 Å². The summed E-state index contributed by atoms with van der Waals surface area (Å²) in [5, 5.41) is 8.11. The van der Waals surface area contributed by atoms with Gasteiger partial charge in [-0.3, -0.25) is 4.79 Å². The maximum absolute atomic E-state index is 11.8. The van der Waals surface area contributed by atoms with Crippen LogP contribution in [-0.2, 0) is 4.79 Å². The summed E-state index contributed by atoms with van der Waals surface area (Å²) in [5.74, 6) is 1.77. The molecule has 0 fully saturated rings. The summed E-state index contributed by atoms with van der Waals surface area (Å²) < 4.78 is 5.66. The molecular formula is C13H23N3O2.